The lowest BCUT2D eigenvalue weighted by Crippen LogP contribution is -2.10. The lowest BCUT2D eigenvalue weighted by atomic mass is 10.3. The van der Waals surface area contributed by atoms with Crippen molar-refractivity contribution in [1.29, 1.82) is 0 Å². The van der Waals surface area contributed by atoms with E-state index in [9.17, 15) is 0 Å². The van der Waals surface area contributed by atoms with Gasteiger partial charge in [-0.05, 0) is 32.1 Å². The summed E-state index contributed by atoms with van der Waals surface area (Å²) >= 11 is 11.4. The van der Waals surface area contributed by atoms with Crippen molar-refractivity contribution in [2.45, 2.75) is 32.1 Å². The number of unbranched alkanes of at least 4 members (excludes halogenated alkanes) is 1. The molecule has 0 aliphatic carbocycles. The van der Waals surface area contributed by atoms with Gasteiger partial charge in [0.25, 0.3) is 0 Å². The standard InChI is InChI=1S/C9H18ClPS/c10-6-2-5-9-11(12)7-3-1-4-8-11/h1-9H2. The van der Waals surface area contributed by atoms with E-state index < -0.39 is 6.46 Å². The van der Waals surface area contributed by atoms with E-state index in [-0.39, 0.29) is 0 Å². The molecule has 0 atom stereocenters. The summed E-state index contributed by atoms with van der Waals surface area (Å²) < 4.78 is 0. The average molecular weight is 225 g/mol. The fourth-order valence-electron chi connectivity index (χ4n) is 1.81. The van der Waals surface area contributed by atoms with Crippen LogP contribution < -0.4 is 0 Å². The molecule has 12 heavy (non-hydrogen) atoms. The summed E-state index contributed by atoms with van der Waals surface area (Å²) in [4.78, 5) is 0. The molecule has 0 aromatic carbocycles. The normalized spacial score (nSPS) is 22.5. The molecule has 0 saturated carbocycles. The largest absolute Gasteiger partial charge is 0.556 e. The Bertz CT molecular complexity index is 124. The Morgan fingerprint density at radius 3 is 2.33 bits per heavy atom. The highest BCUT2D eigenvalue weighted by atomic mass is 35.5. The molecule has 1 aliphatic rings. The zero-order chi connectivity index (χ0) is 8.86. The van der Waals surface area contributed by atoms with Crippen LogP contribution in [-0.2, 0) is 12.2 Å². The molecule has 1 saturated heterocycles. The Balaban J connectivity index is 2.17. The number of hydrogen-bond acceptors (Lipinski definition) is 1. The molecule has 0 spiro atoms. The van der Waals surface area contributed by atoms with Crippen LogP contribution in [0.15, 0.2) is 0 Å². The van der Waals surface area contributed by atoms with Crippen molar-refractivity contribution in [2.75, 3.05) is 24.4 Å². The second-order valence-electron chi connectivity index (χ2n) is 3.69. The molecule has 1 rings (SSSR count). The van der Waals surface area contributed by atoms with Crippen LogP contribution in [0, 0.1) is 0 Å². The van der Waals surface area contributed by atoms with Crippen LogP contribution in [0.25, 0.3) is 0 Å². The second-order valence-corrected chi connectivity index (χ2v) is 9.85. The Hall–Kier alpha value is 1.07. The van der Waals surface area contributed by atoms with Gasteiger partial charge in [0, 0.05) is 24.4 Å². The molecule has 0 aromatic heterocycles. The smallest absolute Gasteiger partial charge is 0.0399 e. The van der Waals surface area contributed by atoms with E-state index in [2.05, 4.69) is 0 Å². The first-order valence-electron chi connectivity index (χ1n) is 4.90. The Kier molecular flexibility index (Phi) is 5.32. The summed E-state index contributed by atoms with van der Waals surface area (Å²) in [5, 5.41) is 0. The average Bonchev–Trinajstić information content (AvgIpc) is 2.06. The minimum absolute atomic E-state index is 0.815. The maximum atomic E-state index is 5.73. The minimum atomic E-state index is -0.868. The first-order chi connectivity index (χ1) is 5.77. The number of halogens is 1. The molecular weight excluding hydrogens is 207 g/mol. The number of hydrogen-bond donors (Lipinski definition) is 0. The van der Waals surface area contributed by atoms with Crippen LogP contribution in [0.4, 0.5) is 0 Å². The van der Waals surface area contributed by atoms with Crippen molar-refractivity contribution in [3.63, 3.8) is 0 Å². The molecule has 0 N–H and O–H groups in total. The highest BCUT2D eigenvalue weighted by Gasteiger charge is 2.24. The maximum absolute atomic E-state index is 5.73. The summed E-state index contributed by atoms with van der Waals surface area (Å²) in [5.74, 6) is 0.815. The molecular formula is C9H18ClPS. The molecule has 0 amide bonds. The molecule has 0 nitrogen and oxygen atoms in total. The van der Waals surface area contributed by atoms with E-state index in [4.69, 9.17) is 23.8 Å². The monoisotopic (exact) mass is 224 g/mol. The summed E-state index contributed by atoms with van der Waals surface area (Å²) in [5.41, 5.74) is 0. The number of rotatable bonds is 4. The summed E-state index contributed by atoms with van der Waals surface area (Å²) in [7, 11) is 0. The van der Waals surface area contributed by atoms with Crippen molar-refractivity contribution in [2.24, 2.45) is 0 Å². The van der Waals surface area contributed by atoms with Crippen LogP contribution in [0.3, 0.4) is 0 Å². The lowest BCUT2D eigenvalue weighted by molar-refractivity contribution is 0.744. The van der Waals surface area contributed by atoms with Gasteiger partial charge in [-0.1, -0.05) is 0 Å². The molecule has 1 heterocycles. The van der Waals surface area contributed by atoms with Gasteiger partial charge in [-0.25, -0.2) is 0 Å². The van der Waals surface area contributed by atoms with Gasteiger partial charge in [0.05, 0.1) is 0 Å². The highest BCUT2D eigenvalue weighted by molar-refractivity contribution is 8.42. The van der Waals surface area contributed by atoms with E-state index in [1.54, 1.807) is 0 Å². The van der Waals surface area contributed by atoms with Crippen LogP contribution in [0.5, 0.6) is 0 Å². The van der Waals surface area contributed by atoms with Gasteiger partial charge in [0.15, 0.2) is 0 Å². The molecule has 0 radical (unpaired) electrons. The topological polar surface area (TPSA) is 0 Å². The zero-order valence-electron chi connectivity index (χ0n) is 7.60. The van der Waals surface area contributed by atoms with Crippen LogP contribution >= 0.6 is 18.1 Å². The van der Waals surface area contributed by atoms with Crippen LogP contribution in [0.2, 0.25) is 0 Å². The first-order valence-corrected chi connectivity index (χ1v) is 8.79. The molecule has 72 valence electrons. The highest BCUT2D eigenvalue weighted by Crippen LogP contribution is 2.60. The van der Waals surface area contributed by atoms with Crippen molar-refractivity contribution >= 4 is 30.3 Å². The first kappa shape index (κ1) is 11.1. The Morgan fingerprint density at radius 1 is 1.08 bits per heavy atom. The van der Waals surface area contributed by atoms with Crippen molar-refractivity contribution < 1.29 is 0 Å². The zero-order valence-corrected chi connectivity index (χ0v) is 10.1. The van der Waals surface area contributed by atoms with E-state index in [1.807, 2.05) is 0 Å². The van der Waals surface area contributed by atoms with Gasteiger partial charge in [-0.3, -0.25) is 0 Å². The van der Waals surface area contributed by atoms with Crippen molar-refractivity contribution in [3.05, 3.63) is 0 Å². The van der Waals surface area contributed by atoms with Crippen molar-refractivity contribution in [1.82, 2.24) is 0 Å². The van der Waals surface area contributed by atoms with E-state index in [1.165, 1.54) is 50.6 Å². The van der Waals surface area contributed by atoms with E-state index in [0.717, 1.165) is 5.88 Å². The quantitative estimate of drug-likeness (QED) is 0.304. The van der Waals surface area contributed by atoms with Crippen LogP contribution in [0.1, 0.15) is 32.1 Å². The number of alkyl halides is 1. The molecule has 3 heteroatoms. The molecule has 0 aromatic rings. The molecule has 1 fully saturated rings. The van der Waals surface area contributed by atoms with E-state index >= 15 is 0 Å². The Labute approximate surface area is 86.9 Å². The third-order valence-electron chi connectivity index (χ3n) is 2.58. The van der Waals surface area contributed by atoms with E-state index in [0.29, 0.717) is 0 Å². The Morgan fingerprint density at radius 2 is 1.75 bits per heavy atom. The summed E-state index contributed by atoms with van der Waals surface area (Å²) in [6.45, 7) is -0.868. The fraction of sp³-hybridized carbons (Fsp3) is 1.00. The third kappa shape index (κ3) is 3.85. The van der Waals surface area contributed by atoms with Crippen molar-refractivity contribution in [3.8, 4) is 0 Å². The third-order valence-corrected chi connectivity index (χ3v) is 7.88. The predicted molar refractivity (Wildman–Crippen MR) is 62.7 cm³/mol. The van der Waals surface area contributed by atoms with Gasteiger partial charge in [0.2, 0.25) is 0 Å². The maximum Gasteiger partial charge on any atom is 0.0399 e. The lowest BCUT2D eigenvalue weighted by Gasteiger charge is -2.36. The molecule has 0 bridgehead atoms. The molecule has 0 unspecified atom stereocenters. The summed E-state index contributed by atoms with van der Waals surface area (Å²) in [6.07, 6.45) is 10.8. The fourth-order valence-corrected chi connectivity index (χ4v) is 6.23. The summed E-state index contributed by atoms with van der Waals surface area (Å²) in [6, 6.07) is 0. The van der Waals surface area contributed by atoms with Gasteiger partial charge in [-0.15, -0.1) is 18.1 Å². The minimum Gasteiger partial charge on any atom is -0.556 e. The van der Waals surface area contributed by atoms with Gasteiger partial charge in [-0.2, -0.15) is 0 Å². The SMILES string of the molecule is [S-][P+]1(CCCCCl)CCCCC1. The molecule has 1 aliphatic heterocycles. The van der Waals surface area contributed by atoms with Gasteiger partial charge in [0.1, 0.15) is 0 Å². The second kappa shape index (κ2) is 5.73. The van der Waals surface area contributed by atoms with Gasteiger partial charge >= 0.3 is 0 Å². The van der Waals surface area contributed by atoms with Crippen LogP contribution in [-0.4, -0.2) is 24.4 Å². The van der Waals surface area contributed by atoms with Gasteiger partial charge < -0.3 is 12.2 Å². The predicted octanol–water partition coefficient (Wildman–Crippen LogP) is 3.67.